The highest BCUT2D eigenvalue weighted by molar-refractivity contribution is 5.89. The summed E-state index contributed by atoms with van der Waals surface area (Å²) in [5.41, 5.74) is 6.67. The summed E-state index contributed by atoms with van der Waals surface area (Å²) >= 11 is 0. The van der Waals surface area contributed by atoms with Crippen LogP contribution in [0.25, 0.3) is 5.69 Å². The maximum atomic E-state index is 10.9. The molecule has 0 saturated carbocycles. The van der Waals surface area contributed by atoms with Crippen LogP contribution in [0.2, 0.25) is 0 Å². The van der Waals surface area contributed by atoms with E-state index in [1.54, 1.807) is 6.20 Å². The zero-order valence-corrected chi connectivity index (χ0v) is 8.66. The normalized spacial score (nSPS) is 9.82. The average molecular weight is 228 g/mol. The number of imidazole rings is 1. The molecule has 0 aliphatic heterocycles. The Labute approximate surface area is 96.5 Å². The monoisotopic (exact) mass is 228 g/mol. The highest BCUT2D eigenvalue weighted by Crippen LogP contribution is 2.20. The van der Waals surface area contributed by atoms with Crippen molar-refractivity contribution in [3.8, 4) is 11.8 Å². The van der Waals surface area contributed by atoms with E-state index in [9.17, 15) is 4.79 Å². The number of nitrogen functional groups attached to an aromatic ring is 1. The van der Waals surface area contributed by atoms with Gasteiger partial charge in [0.25, 0.3) is 0 Å². The van der Waals surface area contributed by atoms with Crippen molar-refractivity contribution < 1.29 is 9.90 Å². The summed E-state index contributed by atoms with van der Waals surface area (Å²) in [6.07, 6.45) is 3.00. The molecular formula is C11H8N4O2. The Morgan fingerprint density at radius 2 is 2.29 bits per heavy atom. The lowest BCUT2D eigenvalue weighted by Gasteiger charge is -2.08. The van der Waals surface area contributed by atoms with Crippen LogP contribution in [0.3, 0.4) is 0 Å². The standard InChI is InChI=1S/C11H8N4O2/c12-6-10-14-3-4-15(10)9-5-7(11(16)17)1-2-8(9)13/h1-5H,13H2,(H,16,17). The summed E-state index contributed by atoms with van der Waals surface area (Å²) in [6.45, 7) is 0. The van der Waals surface area contributed by atoms with Crippen LogP contribution in [-0.4, -0.2) is 20.6 Å². The van der Waals surface area contributed by atoms with Crippen molar-refractivity contribution in [1.82, 2.24) is 9.55 Å². The Hall–Kier alpha value is -2.81. The Morgan fingerprint density at radius 1 is 1.53 bits per heavy atom. The fourth-order valence-corrected chi connectivity index (χ4v) is 1.47. The fraction of sp³-hybridized carbons (Fsp3) is 0. The lowest BCUT2D eigenvalue weighted by atomic mass is 10.1. The van der Waals surface area contributed by atoms with E-state index in [1.807, 2.05) is 6.07 Å². The lowest BCUT2D eigenvalue weighted by Crippen LogP contribution is -2.04. The number of nitriles is 1. The Balaban J connectivity index is 2.63. The highest BCUT2D eigenvalue weighted by atomic mass is 16.4. The number of aromatic carboxylic acids is 1. The van der Waals surface area contributed by atoms with E-state index in [-0.39, 0.29) is 11.4 Å². The van der Waals surface area contributed by atoms with Gasteiger partial charge in [0, 0.05) is 12.4 Å². The summed E-state index contributed by atoms with van der Waals surface area (Å²) in [6, 6.07) is 6.19. The second kappa shape index (κ2) is 3.98. The molecule has 0 unspecified atom stereocenters. The van der Waals surface area contributed by atoms with Crippen LogP contribution in [0, 0.1) is 11.3 Å². The molecule has 0 saturated heterocycles. The minimum Gasteiger partial charge on any atom is -0.478 e. The van der Waals surface area contributed by atoms with Crippen molar-refractivity contribution in [3.05, 3.63) is 42.0 Å². The smallest absolute Gasteiger partial charge is 0.335 e. The van der Waals surface area contributed by atoms with Gasteiger partial charge in [-0.2, -0.15) is 5.26 Å². The number of carboxylic acid groups (broad SMARTS) is 1. The SMILES string of the molecule is N#Cc1nccn1-c1cc(C(=O)O)ccc1N. The molecule has 6 heteroatoms. The van der Waals surface area contributed by atoms with Crippen molar-refractivity contribution in [3.63, 3.8) is 0 Å². The predicted molar refractivity (Wildman–Crippen MR) is 59.7 cm³/mol. The molecule has 1 aromatic heterocycles. The maximum Gasteiger partial charge on any atom is 0.335 e. The van der Waals surface area contributed by atoms with Crippen LogP contribution in [0.5, 0.6) is 0 Å². The van der Waals surface area contributed by atoms with E-state index in [0.717, 1.165) is 0 Å². The van der Waals surface area contributed by atoms with Gasteiger partial charge in [0.15, 0.2) is 0 Å². The number of anilines is 1. The van der Waals surface area contributed by atoms with Crippen LogP contribution in [0.15, 0.2) is 30.6 Å². The first-order chi connectivity index (χ1) is 8.13. The number of rotatable bonds is 2. The third-order valence-corrected chi connectivity index (χ3v) is 2.28. The molecule has 0 amide bonds. The minimum atomic E-state index is -1.05. The number of carboxylic acids is 1. The van der Waals surface area contributed by atoms with Gasteiger partial charge < -0.3 is 10.8 Å². The fourth-order valence-electron chi connectivity index (χ4n) is 1.47. The molecule has 2 rings (SSSR count). The van der Waals surface area contributed by atoms with Gasteiger partial charge >= 0.3 is 5.97 Å². The van der Waals surface area contributed by atoms with Crippen molar-refractivity contribution in [2.75, 3.05) is 5.73 Å². The van der Waals surface area contributed by atoms with Gasteiger partial charge in [-0.3, -0.25) is 4.57 Å². The van der Waals surface area contributed by atoms with E-state index < -0.39 is 5.97 Å². The van der Waals surface area contributed by atoms with Crippen LogP contribution in [0.1, 0.15) is 16.2 Å². The molecule has 6 nitrogen and oxygen atoms in total. The topological polar surface area (TPSA) is 105 Å². The first-order valence-electron chi connectivity index (χ1n) is 4.70. The van der Waals surface area contributed by atoms with Gasteiger partial charge in [-0.15, -0.1) is 0 Å². The quantitative estimate of drug-likeness (QED) is 0.746. The molecule has 3 N–H and O–H groups in total. The molecule has 0 spiro atoms. The molecule has 0 atom stereocenters. The van der Waals surface area contributed by atoms with E-state index >= 15 is 0 Å². The summed E-state index contributed by atoms with van der Waals surface area (Å²) in [4.78, 5) is 14.7. The third-order valence-electron chi connectivity index (χ3n) is 2.28. The number of aromatic nitrogens is 2. The van der Waals surface area contributed by atoms with Gasteiger partial charge in [-0.05, 0) is 18.2 Å². The minimum absolute atomic E-state index is 0.104. The van der Waals surface area contributed by atoms with Crippen LogP contribution >= 0.6 is 0 Å². The number of benzene rings is 1. The third kappa shape index (κ3) is 1.81. The molecule has 2 aromatic rings. The van der Waals surface area contributed by atoms with Gasteiger partial charge in [-0.1, -0.05) is 0 Å². The van der Waals surface area contributed by atoms with Crippen molar-refractivity contribution in [1.29, 1.82) is 5.26 Å². The van der Waals surface area contributed by atoms with Gasteiger partial charge in [-0.25, -0.2) is 9.78 Å². The van der Waals surface area contributed by atoms with E-state index in [2.05, 4.69) is 4.98 Å². The Morgan fingerprint density at radius 3 is 2.94 bits per heavy atom. The molecule has 1 aromatic carbocycles. The zero-order chi connectivity index (χ0) is 12.4. The number of carbonyl (C=O) groups is 1. The van der Waals surface area contributed by atoms with E-state index in [0.29, 0.717) is 11.4 Å². The number of hydrogen-bond acceptors (Lipinski definition) is 4. The zero-order valence-electron chi connectivity index (χ0n) is 8.66. The summed E-state index contributed by atoms with van der Waals surface area (Å²) < 4.78 is 1.45. The molecule has 17 heavy (non-hydrogen) atoms. The van der Waals surface area contributed by atoms with Crippen molar-refractivity contribution in [2.24, 2.45) is 0 Å². The van der Waals surface area contributed by atoms with Crippen molar-refractivity contribution >= 4 is 11.7 Å². The first kappa shape index (κ1) is 10.7. The number of hydrogen-bond donors (Lipinski definition) is 2. The molecule has 0 bridgehead atoms. The van der Waals surface area contributed by atoms with Crippen LogP contribution in [-0.2, 0) is 0 Å². The average Bonchev–Trinajstić information content (AvgIpc) is 2.77. The van der Waals surface area contributed by atoms with Gasteiger partial charge in [0.1, 0.15) is 6.07 Å². The highest BCUT2D eigenvalue weighted by Gasteiger charge is 2.10. The largest absolute Gasteiger partial charge is 0.478 e. The van der Waals surface area contributed by atoms with Crippen LogP contribution in [0.4, 0.5) is 5.69 Å². The summed E-state index contributed by atoms with van der Waals surface area (Å²) in [5.74, 6) is -0.899. The molecule has 1 heterocycles. The molecule has 0 aliphatic carbocycles. The molecule has 0 fully saturated rings. The van der Waals surface area contributed by atoms with E-state index in [4.69, 9.17) is 16.1 Å². The van der Waals surface area contributed by atoms with E-state index in [1.165, 1.54) is 29.0 Å². The number of nitrogens with two attached hydrogens (primary N) is 1. The maximum absolute atomic E-state index is 10.9. The molecular weight excluding hydrogens is 220 g/mol. The van der Waals surface area contributed by atoms with Gasteiger partial charge in [0.05, 0.1) is 16.9 Å². The Bertz CT molecular complexity index is 625. The second-order valence-electron chi connectivity index (χ2n) is 3.31. The van der Waals surface area contributed by atoms with Crippen molar-refractivity contribution in [2.45, 2.75) is 0 Å². The van der Waals surface area contributed by atoms with Gasteiger partial charge in [0.2, 0.25) is 5.82 Å². The lowest BCUT2D eigenvalue weighted by molar-refractivity contribution is 0.0697. The second-order valence-corrected chi connectivity index (χ2v) is 3.31. The predicted octanol–water partition coefficient (Wildman–Crippen LogP) is 1.02. The summed E-state index contributed by atoms with van der Waals surface area (Å²) in [5, 5.41) is 17.7. The summed E-state index contributed by atoms with van der Waals surface area (Å²) in [7, 11) is 0. The molecule has 84 valence electrons. The van der Waals surface area contributed by atoms with Crippen LogP contribution < -0.4 is 5.73 Å². The first-order valence-corrected chi connectivity index (χ1v) is 4.70. The Kier molecular flexibility index (Phi) is 2.51. The molecule has 0 aliphatic rings. The number of nitrogens with zero attached hydrogens (tertiary/aromatic N) is 3. The molecule has 0 radical (unpaired) electrons.